The molecule has 0 aromatic heterocycles. The van der Waals surface area contributed by atoms with Crippen LogP contribution in [-0.2, 0) is 4.74 Å². The highest BCUT2D eigenvalue weighted by atomic mass is 32.2. The second-order valence-corrected chi connectivity index (χ2v) is 9.58. The topological polar surface area (TPSA) is 64.4 Å². The van der Waals surface area contributed by atoms with E-state index in [2.05, 4.69) is 32.1 Å². The van der Waals surface area contributed by atoms with E-state index in [0.29, 0.717) is 11.2 Å². The number of benzene rings is 1. The van der Waals surface area contributed by atoms with Crippen molar-refractivity contribution in [3.63, 3.8) is 0 Å². The van der Waals surface area contributed by atoms with Gasteiger partial charge in [-0.2, -0.15) is 0 Å². The average Bonchev–Trinajstić information content (AvgIpc) is 2.96. The maximum absolute atomic E-state index is 10.9. The van der Waals surface area contributed by atoms with Crippen molar-refractivity contribution in [3.05, 3.63) is 52.6 Å². The standard InChI is InChI=1S/C21H30N2O3S/c1-6-7-17(14-8-10-15(11-9-14)23(24)25)22-27-18-16-12-13-21(4,19(18)26-5)20(16,2)3/h6,8-11,16-19,22H,1,7,12-13H2,2-5H3/t16-,17?,18?,19?,21+/m1/s1. The van der Waals surface area contributed by atoms with Crippen molar-refractivity contribution in [2.45, 2.75) is 57.4 Å². The summed E-state index contributed by atoms with van der Waals surface area (Å²) in [5.41, 5.74) is 1.61. The Labute approximate surface area is 166 Å². The summed E-state index contributed by atoms with van der Waals surface area (Å²) in [6, 6.07) is 6.87. The summed E-state index contributed by atoms with van der Waals surface area (Å²) < 4.78 is 9.61. The van der Waals surface area contributed by atoms with Gasteiger partial charge in [-0.05, 0) is 36.2 Å². The summed E-state index contributed by atoms with van der Waals surface area (Å²) in [6.07, 6.45) is 5.34. The van der Waals surface area contributed by atoms with Gasteiger partial charge in [0.15, 0.2) is 0 Å². The van der Waals surface area contributed by atoms with Crippen LogP contribution in [0.1, 0.15) is 51.6 Å². The molecule has 2 aliphatic rings. The fourth-order valence-electron chi connectivity index (χ4n) is 5.17. The number of nitrogens with zero attached hydrogens (tertiary/aromatic N) is 1. The largest absolute Gasteiger partial charge is 0.380 e. The molecule has 0 aliphatic heterocycles. The highest BCUT2D eigenvalue weighted by Gasteiger charge is 2.66. The number of non-ortho nitro benzene ring substituents is 1. The highest BCUT2D eigenvalue weighted by molar-refractivity contribution is 7.98. The molecule has 1 N–H and O–H groups in total. The smallest absolute Gasteiger partial charge is 0.269 e. The molecule has 5 nitrogen and oxygen atoms in total. The second kappa shape index (κ2) is 7.57. The van der Waals surface area contributed by atoms with E-state index in [1.165, 1.54) is 12.8 Å². The summed E-state index contributed by atoms with van der Waals surface area (Å²) in [7, 11) is 1.83. The van der Waals surface area contributed by atoms with Crippen LogP contribution in [0.15, 0.2) is 36.9 Å². The van der Waals surface area contributed by atoms with Crippen molar-refractivity contribution < 1.29 is 9.66 Å². The zero-order valence-electron chi connectivity index (χ0n) is 16.6. The van der Waals surface area contributed by atoms with Gasteiger partial charge in [-0.3, -0.25) is 14.8 Å². The number of hydrogen-bond donors (Lipinski definition) is 1. The van der Waals surface area contributed by atoms with Gasteiger partial charge in [0, 0.05) is 35.9 Å². The lowest BCUT2D eigenvalue weighted by Gasteiger charge is -2.39. The van der Waals surface area contributed by atoms with Gasteiger partial charge >= 0.3 is 0 Å². The molecule has 3 unspecified atom stereocenters. The number of ether oxygens (including phenoxy) is 1. The second-order valence-electron chi connectivity index (χ2n) is 8.57. The average molecular weight is 391 g/mol. The fourth-order valence-corrected chi connectivity index (χ4v) is 6.89. The van der Waals surface area contributed by atoms with Gasteiger partial charge in [0.05, 0.1) is 11.0 Å². The quantitative estimate of drug-likeness (QED) is 0.283. The molecule has 6 heteroatoms. The third-order valence-corrected chi connectivity index (χ3v) is 8.47. The van der Waals surface area contributed by atoms with E-state index < -0.39 is 0 Å². The Bertz CT molecular complexity index is 706. The SMILES string of the molecule is C=CCC(NSC1C(OC)[C@]2(C)CC[C@H]1C2(C)C)c1ccc([N+](=O)[O-])cc1. The van der Waals surface area contributed by atoms with Crippen molar-refractivity contribution in [1.29, 1.82) is 0 Å². The molecule has 148 valence electrons. The zero-order valence-corrected chi connectivity index (χ0v) is 17.4. The third-order valence-electron chi connectivity index (χ3n) is 7.21. The number of rotatable bonds is 8. The Hall–Kier alpha value is -1.37. The Morgan fingerprint density at radius 3 is 2.63 bits per heavy atom. The van der Waals surface area contributed by atoms with Crippen LogP contribution in [0.25, 0.3) is 0 Å². The van der Waals surface area contributed by atoms with Gasteiger partial charge in [0.2, 0.25) is 0 Å². The van der Waals surface area contributed by atoms with Crippen molar-refractivity contribution in [1.82, 2.24) is 4.72 Å². The maximum atomic E-state index is 10.9. The van der Waals surface area contributed by atoms with Crippen LogP contribution >= 0.6 is 11.9 Å². The minimum atomic E-state index is -0.365. The van der Waals surface area contributed by atoms with Gasteiger partial charge in [-0.15, -0.1) is 6.58 Å². The first-order chi connectivity index (χ1) is 12.8. The molecule has 2 fully saturated rings. The lowest BCUT2D eigenvalue weighted by atomic mass is 9.70. The number of nitro groups is 1. The van der Waals surface area contributed by atoms with E-state index in [1.54, 1.807) is 24.1 Å². The Morgan fingerprint density at radius 2 is 2.07 bits per heavy atom. The first-order valence-corrected chi connectivity index (χ1v) is 10.4. The molecule has 0 amide bonds. The molecule has 5 atom stereocenters. The van der Waals surface area contributed by atoms with Crippen LogP contribution < -0.4 is 4.72 Å². The van der Waals surface area contributed by atoms with E-state index in [0.717, 1.165) is 12.0 Å². The van der Waals surface area contributed by atoms with Gasteiger partial charge in [-0.25, -0.2) is 0 Å². The van der Waals surface area contributed by atoms with Crippen LogP contribution in [-0.4, -0.2) is 23.4 Å². The number of nitrogens with one attached hydrogen (secondary N) is 1. The molecule has 1 aromatic rings. The molecule has 0 heterocycles. The molecule has 2 saturated carbocycles. The molecule has 0 saturated heterocycles. The Morgan fingerprint density at radius 1 is 1.41 bits per heavy atom. The van der Waals surface area contributed by atoms with E-state index in [1.807, 2.05) is 25.3 Å². The zero-order chi connectivity index (χ0) is 19.8. The minimum absolute atomic E-state index is 0.0702. The molecule has 2 aliphatic carbocycles. The van der Waals surface area contributed by atoms with E-state index in [4.69, 9.17) is 4.74 Å². The fraction of sp³-hybridized carbons (Fsp3) is 0.619. The predicted molar refractivity (Wildman–Crippen MR) is 111 cm³/mol. The minimum Gasteiger partial charge on any atom is -0.380 e. The van der Waals surface area contributed by atoms with Gasteiger partial charge in [0.25, 0.3) is 5.69 Å². The predicted octanol–water partition coefficient (Wildman–Crippen LogP) is 5.29. The number of hydrogen-bond acceptors (Lipinski definition) is 5. The third kappa shape index (κ3) is 3.32. The lowest BCUT2D eigenvalue weighted by molar-refractivity contribution is -0.384. The van der Waals surface area contributed by atoms with E-state index >= 15 is 0 Å². The van der Waals surface area contributed by atoms with Crippen LogP contribution in [0.3, 0.4) is 0 Å². The van der Waals surface area contributed by atoms with Gasteiger partial charge in [0.1, 0.15) is 0 Å². The molecule has 0 spiro atoms. The van der Waals surface area contributed by atoms with Crippen LogP contribution in [0.5, 0.6) is 0 Å². The van der Waals surface area contributed by atoms with Crippen molar-refractivity contribution in [2.75, 3.05) is 7.11 Å². The van der Waals surface area contributed by atoms with Gasteiger partial charge in [-0.1, -0.05) is 50.9 Å². The highest BCUT2D eigenvalue weighted by Crippen LogP contribution is 2.68. The van der Waals surface area contributed by atoms with Crippen molar-refractivity contribution in [3.8, 4) is 0 Å². The Balaban J connectivity index is 1.74. The lowest BCUT2D eigenvalue weighted by Crippen LogP contribution is -2.41. The number of fused-ring (bicyclic) bond motifs is 2. The van der Waals surface area contributed by atoms with E-state index in [-0.39, 0.29) is 33.6 Å². The first-order valence-electron chi connectivity index (χ1n) is 9.55. The first kappa shape index (κ1) is 20.4. The molecule has 1 aromatic carbocycles. The van der Waals surface area contributed by atoms with Crippen LogP contribution in [0.4, 0.5) is 5.69 Å². The number of methoxy groups -OCH3 is 1. The molecule has 0 radical (unpaired) electrons. The molecule has 3 rings (SSSR count). The summed E-state index contributed by atoms with van der Waals surface area (Å²) in [5.74, 6) is 0.617. The van der Waals surface area contributed by atoms with Crippen molar-refractivity contribution in [2.24, 2.45) is 16.7 Å². The summed E-state index contributed by atoms with van der Waals surface area (Å²) in [6.45, 7) is 11.0. The summed E-state index contributed by atoms with van der Waals surface area (Å²) in [5, 5.41) is 11.3. The van der Waals surface area contributed by atoms with Gasteiger partial charge < -0.3 is 4.74 Å². The van der Waals surface area contributed by atoms with Crippen LogP contribution in [0, 0.1) is 26.9 Å². The summed E-state index contributed by atoms with van der Waals surface area (Å²) in [4.78, 5) is 10.5. The summed E-state index contributed by atoms with van der Waals surface area (Å²) >= 11 is 1.78. The molecule has 2 bridgehead atoms. The van der Waals surface area contributed by atoms with Crippen molar-refractivity contribution >= 4 is 17.6 Å². The maximum Gasteiger partial charge on any atom is 0.269 e. The molecule has 27 heavy (non-hydrogen) atoms. The Kier molecular flexibility index (Phi) is 5.71. The normalized spacial score (nSPS) is 32.4. The van der Waals surface area contributed by atoms with E-state index in [9.17, 15) is 10.1 Å². The monoisotopic (exact) mass is 390 g/mol. The molecular formula is C21H30N2O3S. The van der Waals surface area contributed by atoms with Crippen LogP contribution in [0.2, 0.25) is 0 Å². The molecular weight excluding hydrogens is 360 g/mol. The number of nitro benzene ring substituents is 1.